The zero-order chi connectivity index (χ0) is 14.5. The van der Waals surface area contributed by atoms with Crippen molar-refractivity contribution in [2.24, 2.45) is 0 Å². The molecule has 4 N–H and O–H groups in total. The minimum absolute atomic E-state index is 0.0625. The van der Waals surface area contributed by atoms with Gasteiger partial charge in [0.25, 0.3) is 0 Å². The molecule has 1 atom stereocenters. The molecule has 2 aromatic rings. The van der Waals surface area contributed by atoms with Crippen molar-refractivity contribution >= 4 is 22.8 Å². The summed E-state index contributed by atoms with van der Waals surface area (Å²) in [5.41, 5.74) is 1.95. The number of hydrogen-bond donors (Lipinski definition) is 4. The third-order valence-corrected chi connectivity index (χ3v) is 3.16. The van der Waals surface area contributed by atoms with Crippen LogP contribution < -0.4 is 5.32 Å². The van der Waals surface area contributed by atoms with Gasteiger partial charge in [0.05, 0.1) is 0 Å². The van der Waals surface area contributed by atoms with Gasteiger partial charge in [-0.2, -0.15) is 0 Å². The molecule has 1 aromatic heterocycles. The maximum absolute atomic E-state index is 11.1. The molecule has 0 saturated carbocycles. The van der Waals surface area contributed by atoms with Gasteiger partial charge in [0.2, 0.25) is 0 Å². The average Bonchev–Trinajstić information content (AvgIpc) is 2.81. The third kappa shape index (κ3) is 3.36. The van der Waals surface area contributed by atoms with Crippen LogP contribution in [0.1, 0.15) is 18.4 Å². The van der Waals surface area contributed by atoms with Gasteiger partial charge in [0.15, 0.2) is 0 Å². The summed E-state index contributed by atoms with van der Waals surface area (Å²) in [4.78, 5) is 24.7. The van der Waals surface area contributed by atoms with Crippen molar-refractivity contribution < 1.29 is 19.8 Å². The minimum Gasteiger partial charge on any atom is -0.481 e. The van der Waals surface area contributed by atoms with Crippen LogP contribution in [0.3, 0.4) is 0 Å². The number of carboxylic acids is 2. The van der Waals surface area contributed by atoms with Gasteiger partial charge in [-0.25, -0.2) is 0 Å². The summed E-state index contributed by atoms with van der Waals surface area (Å²) in [5.74, 6) is -2.03. The van der Waals surface area contributed by atoms with Gasteiger partial charge in [-0.1, -0.05) is 18.2 Å². The molecule has 0 spiro atoms. The predicted molar refractivity (Wildman–Crippen MR) is 73.4 cm³/mol. The Balaban J connectivity index is 2.01. The van der Waals surface area contributed by atoms with E-state index in [1.807, 2.05) is 30.5 Å². The van der Waals surface area contributed by atoms with Gasteiger partial charge in [-0.05, 0) is 18.1 Å². The van der Waals surface area contributed by atoms with E-state index in [2.05, 4.69) is 10.3 Å². The van der Waals surface area contributed by atoms with Crippen molar-refractivity contribution in [3.05, 3.63) is 36.0 Å². The molecule has 20 heavy (non-hydrogen) atoms. The molecule has 1 aromatic carbocycles. The van der Waals surface area contributed by atoms with Crippen LogP contribution in [-0.2, 0) is 16.1 Å². The van der Waals surface area contributed by atoms with Gasteiger partial charge in [0, 0.05) is 30.1 Å². The maximum Gasteiger partial charge on any atom is 0.320 e. The highest BCUT2D eigenvalue weighted by molar-refractivity contribution is 5.83. The zero-order valence-corrected chi connectivity index (χ0v) is 10.8. The quantitative estimate of drug-likeness (QED) is 0.615. The van der Waals surface area contributed by atoms with E-state index in [4.69, 9.17) is 10.2 Å². The van der Waals surface area contributed by atoms with Gasteiger partial charge < -0.3 is 20.5 Å². The van der Waals surface area contributed by atoms with Gasteiger partial charge in [-0.3, -0.25) is 9.59 Å². The molecule has 0 saturated heterocycles. The van der Waals surface area contributed by atoms with Crippen LogP contribution >= 0.6 is 0 Å². The molecule has 0 aliphatic carbocycles. The Morgan fingerprint density at radius 1 is 1.25 bits per heavy atom. The van der Waals surface area contributed by atoms with Crippen LogP contribution in [0.25, 0.3) is 10.9 Å². The fourth-order valence-corrected chi connectivity index (χ4v) is 2.09. The lowest BCUT2D eigenvalue weighted by molar-refractivity contribution is -0.140. The molecule has 0 amide bonds. The van der Waals surface area contributed by atoms with E-state index in [1.165, 1.54) is 0 Å². The molecule has 1 heterocycles. The Morgan fingerprint density at radius 3 is 2.70 bits per heavy atom. The number of carbonyl (C=O) groups is 2. The first-order chi connectivity index (χ1) is 9.58. The van der Waals surface area contributed by atoms with Crippen molar-refractivity contribution in [2.45, 2.75) is 25.4 Å². The second-order valence-electron chi connectivity index (χ2n) is 4.56. The molecule has 0 radical (unpaired) electrons. The fraction of sp³-hybridized carbons (Fsp3) is 0.286. The van der Waals surface area contributed by atoms with E-state index in [1.54, 1.807) is 0 Å². The largest absolute Gasteiger partial charge is 0.481 e. The van der Waals surface area contributed by atoms with Crippen LogP contribution in [0, 0.1) is 0 Å². The molecule has 6 heteroatoms. The highest BCUT2D eigenvalue weighted by Crippen LogP contribution is 2.17. The highest BCUT2D eigenvalue weighted by Gasteiger charge is 2.18. The van der Waals surface area contributed by atoms with Crippen LogP contribution in [0.4, 0.5) is 0 Å². The van der Waals surface area contributed by atoms with Gasteiger partial charge in [0.1, 0.15) is 6.04 Å². The molecule has 0 aliphatic heterocycles. The highest BCUT2D eigenvalue weighted by atomic mass is 16.4. The maximum atomic E-state index is 11.1. The zero-order valence-electron chi connectivity index (χ0n) is 10.8. The normalized spacial score (nSPS) is 12.4. The smallest absolute Gasteiger partial charge is 0.320 e. The Kier molecular flexibility index (Phi) is 4.37. The number of para-hydroxylation sites is 1. The summed E-state index contributed by atoms with van der Waals surface area (Å²) in [6, 6.07) is 6.87. The molecule has 0 unspecified atom stereocenters. The van der Waals surface area contributed by atoms with Gasteiger partial charge >= 0.3 is 11.9 Å². The lowest BCUT2D eigenvalue weighted by Crippen LogP contribution is -2.36. The number of hydrogen-bond acceptors (Lipinski definition) is 3. The second kappa shape index (κ2) is 6.21. The van der Waals surface area contributed by atoms with Crippen molar-refractivity contribution in [1.82, 2.24) is 10.3 Å². The SMILES string of the molecule is O=C(O)CC[C@H](NCc1c[nH]c2ccccc12)C(=O)O. The molecular weight excluding hydrogens is 260 g/mol. The van der Waals surface area contributed by atoms with E-state index in [0.717, 1.165) is 16.5 Å². The first-order valence-corrected chi connectivity index (χ1v) is 6.31. The van der Waals surface area contributed by atoms with E-state index >= 15 is 0 Å². The molecule has 0 bridgehead atoms. The number of carboxylic acid groups (broad SMARTS) is 2. The minimum atomic E-state index is -1.04. The van der Waals surface area contributed by atoms with Crippen LogP contribution in [0.5, 0.6) is 0 Å². The Bertz CT molecular complexity index is 620. The lowest BCUT2D eigenvalue weighted by atomic mass is 10.1. The summed E-state index contributed by atoms with van der Waals surface area (Å²) in [6.45, 7) is 0.376. The number of nitrogens with one attached hydrogen (secondary N) is 2. The topological polar surface area (TPSA) is 102 Å². The summed E-state index contributed by atoms with van der Waals surface area (Å²) >= 11 is 0. The molecule has 0 fully saturated rings. The number of aromatic nitrogens is 1. The standard InChI is InChI=1S/C14H16N2O4/c17-13(18)6-5-12(14(19)20)16-8-9-7-15-11-4-2-1-3-10(9)11/h1-4,7,12,15-16H,5-6,8H2,(H,17,18)(H,19,20)/t12-/m0/s1. The molecular formula is C14H16N2O4. The first-order valence-electron chi connectivity index (χ1n) is 6.31. The summed E-state index contributed by atoms with van der Waals surface area (Å²) in [5, 5.41) is 21.6. The van der Waals surface area contributed by atoms with Crippen LogP contribution in [0.2, 0.25) is 0 Å². The monoisotopic (exact) mass is 276 g/mol. The lowest BCUT2D eigenvalue weighted by Gasteiger charge is -2.12. The Labute approximate surface area is 115 Å². The number of H-pyrrole nitrogens is 1. The van der Waals surface area contributed by atoms with Crippen molar-refractivity contribution in [2.75, 3.05) is 0 Å². The number of aromatic amines is 1. The summed E-state index contributed by atoms with van der Waals surface area (Å²) in [6.07, 6.45) is 1.72. The van der Waals surface area contributed by atoms with Crippen molar-refractivity contribution in [3.8, 4) is 0 Å². The predicted octanol–water partition coefficient (Wildman–Crippen LogP) is 1.58. The first kappa shape index (κ1) is 14.1. The third-order valence-electron chi connectivity index (χ3n) is 3.16. The van der Waals surface area contributed by atoms with Gasteiger partial charge in [-0.15, -0.1) is 0 Å². The molecule has 0 aliphatic rings. The van der Waals surface area contributed by atoms with Crippen molar-refractivity contribution in [3.63, 3.8) is 0 Å². The fourth-order valence-electron chi connectivity index (χ4n) is 2.09. The summed E-state index contributed by atoms with van der Waals surface area (Å²) < 4.78 is 0. The van der Waals surface area contributed by atoms with E-state index < -0.39 is 18.0 Å². The number of rotatable bonds is 7. The van der Waals surface area contributed by atoms with Crippen molar-refractivity contribution in [1.29, 1.82) is 0 Å². The number of aliphatic carboxylic acids is 2. The Hall–Kier alpha value is -2.34. The van der Waals surface area contributed by atoms with E-state index in [0.29, 0.717) is 6.54 Å². The second-order valence-corrected chi connectivity index (χ2v) is 4.56. The van der Waals surface area contributed by atoms with E-state index in [-0.39, 0.29) is 12.8 Å². The molecule has 6 nitrogen and oxygen atoms in total. The molecule has 106 valence electrons. The van der Waals surface area contributed by atoms with Crippen LogP contribution in [0.15, 0.2) is 30.5 Å². The molecule has 2 rings (SSSR count). The number of benzene rings is 1. The Morgan fingerprint density at radius 2 is 2.00 bits per heavy atom. The van der Waals surface area contributed by atoms with Crippen LogP contribution in [-0.4, -0.2) is 33.2 Å². The number of fused-ring (bicyclic) bond motifs is 1. The van der Waals surface area contributed by atoms with E-state index in [9.17, 15) is 9.59 Å². The average molecular weight is 276 g/mol. The summed E-state index contributed by atoms with van der Waals surface area (Å²) in [7, 11) is 0.